The van der Waals surface area contributed by atoms with Crippen molar-refractivity contribution in [1.29, 1.82) is 0 Å². The highest BCUT2D eigenvalue weighted by atomic mass is 19.1. The largest absolute Gasteiger partial charge is 0.493 e. The number of ether oxygens (including phenoxy) is 2. The van der Waals surface area contributed by atoms with Gasteiger partial charge in [0, 0.05) is 12.7 Å². The van der Waals surface area contributed by atoms with Gasteiger partial charge in [-0.2, -0.15) is 0 Å². The molecule has 0 saturated heterocycles. The first-order valence-electron chi connectivity index (χ1n) is 5.87. The van der Waals surface area contributed by atoms with Crippen LogP contribution < -0.4 is 15.2 Å². The molecule has 0 aromatic heterocycles. The van der Waals surface area contributed by atoms with Gasteiger partial charge in [-0.25, -0.2) is 4.39 Å². The lowest BCUT2D eigenvalue weighted by Crippen LogP contribution is -2.18. The highest BCUT2D eigenvalue weighted by Gasteiger charge is 2.13. The normalized spacial score (nSPS) is 12.3. The molecule has 0 bridgehead atoms. The third-order valence-electron chi connectivity index (χ3n) is 2.97. The summed E-state index contributed by atoms with van der Waals surface area (Å²) in [5.74, 6) is 0.539. The van der Waals surface area contributed by atoms with Crippen LogP contribution in [0.25, 0.3) is 0 Å². The smallest absolute Gasteiger partial charge is 0.163 e. The average molecular weight is 257 g/mol. The monoisotopic (exact) mass is 257 g/mol. The number of aliphatic hydroxyl groups excluding tert-OH is 1. The molecule has 1 aromatic carbocycles. The fourth-order valence-electron chi connectivity index (χ4n) is 1.73. The minimum Gasteiger partial charge on any atom is -0.493 e. The molecule has 1 atom stereocenters. The number of hydrogen-bond acceptors (Lipinski definition) is 4. The molecule has 1 aromatic rings. The fourth-order valence-corrected chi connectivity index (χ4v) is 1.73. The highest BCUT2D eigenvalue weighted by Crippen LogP contribution is 2.30. The quantitative estimate of drug-likeness (QED) is 0.773. The molecule has 1 rings (SSSR count). The lowest BCUT2D eigenvalue weighted by atomic mass is 9.99. The van der Waals surface area contributed by atoms with Gasteiger partial charge in [-0.15, -0.1) is 0 Å². The Labute approximate surface area is 107 Å². The molecule has 0 heterocycles. The third-order valence-corrected chi connectivity index (χ3v) is 2.97. The van der Waals surface area contributed by atoms with Crippen molar-refractivity contribution in [2.24, 2.45) is 11.7 Å². The third kappa shape index (κ3) is 3.58. The second kappa shape index (κ2) is 7.18. The van der Waals surface area contributed by atoms with E-state index < -0.39 is 0 Å². The number of aliphatic hydroxyl groups is 1. The van der Waals surface area contributed by atoms with Crippen molar-refractivity contribution in [1.82, 2.24) is 0 Å². The summed E-state index contributed by atoms with van der Waals surface area (Å²) in [5.41, 5.74) is 6.03. The Balaban J connectivity index is 2.82. The topological polar surface area (TPSA) is 64.7 Å². The van der Waals surface area contributed by atoms with Crippen LogP contribution in [0.4, 0.5) is 4.39 Å². The minimum absolute atomic E-state index is 0.00232. The van der Waals surface area contributed by atoms with E-state index in [1.54, 1.807) is 6.07 Å². The van der Waals surface area contributed by atoms with Gasteiger partial charge in [0.25, 0.3) is 0 Å². The number of methoxy groups -OCH3 is 2. The van der Waals surface area contributed by atoms with Crippen LogP contribution in [-0.4, -0.2) is 32.5 Å². The predicted molar refractivity (Wildman–Crippen MR) is 67.5 cm³/mol. The lowest BCUT2D eigenvalue weighted by molar-refractivity contribution is 0.223. The van der Waals surface area contributed by atoms with E-state index in [4.69, 9.17) is 20.3 Å². The average Bonchev–Trinajstić information content (AvgIpc) is 2.40. The van der Waals surface area contributed by atoms with E-state index in [-0.39, 0.29) is 18.3 Å². The number of hydrogen-bond donors (Lipinski definition) is 2. The van der Waals surface area contributed by atoms with Gasteiger partial charge >= 0.3 is 0 Å². The van der Waals surface area contributed by atoms with E-state index in [1.165, 1.54) is 20.3 Å². The van der Waals surface area contributed by atoms with Crippen LogP contribution in [0, 0.1) is 11.7 Å². The van der Waals surface area contributed by atoms with E-state index in [0.717, 1.165) is 0 Å². The fraction of sp³-hybridized carbons (Fsp3) is 0.538. The van der Waals surface area contributed by atoms with Gasteiger partial charge in [0.15, 0.2) is 11.5 Å². The molecule has 3 N–H and O–H groups in total. The maximum absolute atomic E-state index is 13.8. The molecule has 0 saturated carbocycles. The van der Waals surface area contributed by atoms with Crippen molar-refractivity contribution in [3.05, 3.63) is 23.5 Å². The molecule has 18 heavy (non-hydrogen) atoms. The van der Waals surface area contributed by atoms with E-state index in [9.17, 15) is 4.39 Å². The van der Waals surface area contributed by atoms with Crippen LogP contribution >= 0.6 is 0 Å². The van der Waals surface area contributed by atoms with Gasteiger partial charge in [0.2, 0.25) is 0 Å². The van der Waals surface area contributed by atoms with Crippen molar-refractivity contribution in [3.8, 4) is 11.5 Å². The van der Waals surface area contributed by atoms with Gasteiger partial charge in [0.1, 0.15) is 5.82 Å². The van der Waals surface area contributed by atoms with Crippen LogP contribution in [0.3, 0.4) is 0 Å². The summed E-state index contributed by atoms with van der Waals surface area (Å²) in [7, 11) is 2.98. The van der Waals surface area contributed by atoms with Gasteiger partial charge in [-0.05, 0) is 36.9 Å². The number of rotatable bonds is 7. The summed E-state index contributed by atoms with van der Waals surface area (Å²) in [5, 5.41) is 9.04. The van der Waals surface area contributed by atoms with Crippen molar-refractivity contribution < 1.29 is 19.0 Å². The predicted octanol–water partition coefficient (Wildman–Crippen LogP) is 1.34. The maximum atomic E-state index is 13.8. The summed E-state index contributed by atoms with van der Waals surface area (Å²) in [4.78, 5) is 0. The molecule has 0 aliphatic carbocycles. The van der Waals surface area contributed by atoms with Crippen molar-refractivity contribution >= 4 is 0 Å². The number of benzene rings is 1. The Morgan fingerprint density at radius 3 is 2.39 bits per heavy atom. The second-order valence-corrected chi connectivity index (χ2v) is 4.12. The Bertz CT molecular complexity index is 381. The Morgan fingerprint density at radius 1 is 1.28 bits per heavy atom. The summed E-state index contributed by atoms with van der Waals surface area (Å²) in [6.07, 6.45) is 1.15. The molecule has 102 valence electrons. The van der Waals surface area contributed by atoms with Crippen molar-refractivity contribution in [2.75, 3.05) is 27.4 Å². The molecule has 0 radical (unpaired) electrons. The molecule has 0 fully saturated rings. The summed E-state index contributed by atoms with van der Waals surface area (Å²) < 4.78 is 23.9. The molecule has 0 aliphatic heterocycles. The summed E-state index contributed by atoms with van der Waals surface area (Å²) >= 11 is 0. The number of aryl methyl sites for hydroxylation is 1. The van der Waals surface area contributed by atoms with E-state index in [1.807, 2.05) is 0 Å². The molecule has 0 aliphatic rings. The second-order valence-electron chi connectivity index (χ2n) is 4.12. The maximum Gasteiger partial charge on any atom is 0.163 e. The van der Waals surface area contributed by atoms with Crippen LogP contribution in [0.5, 0.6) is 11.5 Å². The first kappa shape index (κ1) is 14.7. The van der Waals surface area contributed by atoms with Crippen molar-refractivity contribution in [3.63, 3.8) is 0 Å². The summed E-state index contributed by atoms with van der Waals surface area (Å²) in [6, 6.07) is 2.93. The minimum atomic E-state index is -0.332. The van der Waals surface area contributed by atoms with Gasteiger partial charge in [-0.3, -0.25) is 0 Å². The highest BCUT2D eigenvalue weighted by molar-refractivity contribution is 5.43. The first-order valence-corrected chi connectivity index (χ1v) is 5.87. The standard InChI is InChI=1S/C13H20FNO3/c1-17-12-5-10(4-3-9(7-15)8-16)11(14)6-13(12)18-2/h5-6,9,16H,3-4,7-8,15H2,1-2H3. The first-order chi connectivity index (χ1) is 8.65. The molecular formula is C13H20FNO3. The van der Waals surface area contributed by atoms with Crippen LogP contribution in [0.15, 0.2) is 12.1 Å². The zero-order chi connectivity index (χ0) is 13.5. The Morgan fingerprint density at radius 2 is 1.89 bits per heavy atom. The molecule has 4 nitrogen and oxygen atoms in total. The summed E-state index contributed by atoms with van der Waals surface area (Å²) in [6.45, 7) is 0.414. The molecule has 0 amide bonds. The number of halogens is 1. The lowest BCUT2D eigenvalue weighted by Gasteiger charge is -2.13. The van der Waals surface area contributed by atoms with Gasteiger partial charge in [0.05, 0.1) is 14.2 Å². The van der Waals surface area contributed by atoms with E-state index in [0.29, 0.717) is 36.4 Å². The zero-order valence-corrected chi connectivity index (χ0v) is 10.8. The van der Waals surface area contributed by atoms with E-state index >= 15 is 0 Å². The SMILES string of the molecule is COc1cc(F)c(CCC(CN)CO)cc1OC. The molecule has 5 heteroatoms. The molecule has 1 unspecified atom stereocenters. The van der Waals surface area contributed by atoms with E-state index in [2.05, 4.69) is 0 Å². The zero-order valence-electron chi connectivity index (χ0n) is 10.8. The Hall–Kier alpha value is -1.33. The number of nitrogens with two attached hydrogens (primary N) is 1. The van der Waals surface area contributed by atoms with Crippen LogP contribution in [0.1, 0.15) is 12.0 Å². The van der Waals surface area contributed by atoms with Gasteiger partial charge < -0.3 is 20.3 Å². The molecular weight excluding hydrogens is 237 g/mol. The van der Waals surface area contributed by atoms with Gasteiger partial charge in [-0.1, -0.05) is 0 Å². The van der Waals surface area contributed by atoms with Crippen molar-refractivity contribution in [2.45, 2.75) is 12.8 Å². The van der Waals surface area contributed by atoms with Crippen LogP contribution in [-0.2, 0) is 6.42 Å². The Kier molecular flexibility index (Phi) is 5.88. The molecule has 0 spiro atoms. The van der Waals surface area contributed by atoms with Crippen LogP contribution in [0.2, 0.25) is 0 Å².